The highest BCUT2D eigenvalue weighted by molar-refractivity contribution is 7.16. The minimum Gasteiger partial charge on any atom is -0.481 e. The summed E-state index contributed by atoms with van der Waals surface area (Å²) in [6, 6.07) is 6.33. The van der Waals surface area contributed by atoms with E-state index in [2.05, 4.69) is 36.9 Å². The first-order valence-electron chi connectivity index (χ1n) is 13.8. The van der Waals surface area contributed by atoms with Crippen LogP contribution in [-0.2, 0) is 17.5 Å². The summed E-state index contributed by atoms with van der Waals surface area (Å²) >= 11 is 1.43. The average molecular weight is 590 g/mol. The molecule has 0 bridgehead atoms. The van der Waals surface area contributed by atoms with Gasteiger partial charge in [-0.05, 0) is 57.0 Å². The van der Waals surface area contributed by atoms with Crippen LogP contribution in [0.5, 0.6) is 0 Å². The number of aryl methyl sites for hydroxylation is 1. The SMILES string of the molecule is Cc1cc(-c2nc(Nc3cc(N4CCN(CCC(=O)O)CC4)ncn3)sc2CN2CCC[C@H]2C)cc(C(F)(F)F)c1. The molecule has 1 aromatic carbocycles. The van der Waals surface area contributed by atoms with E-state index >= 15 is 0 Å². The Bertz CT molecular complexity index is 1370. The Morgan fingerprint density at radius 2 is 1.90 bits per heavy atom. The number of likely N-dealkylation sites (tertiary alicyclic amines) is 1. The summed E-state index contributed by atoms with van der Waals surface area (Å²) < 4.78 is 40.9. The van der Waals surface area contributed by atoms with E-state index in [9.17, 15) is 18.0 Å². The third-order valence-electron chi connectivity index (χ3n) is 7.64. The van der Waals surface area contributed by atoms with Crippen molar-refractivity contribution in [3.8, 4) is 11.3 Å². The number of halogens is 3. The summed E-state index contributed by atoms with van der Waals surface area (Å²) in [5.74, 6) is 0.493. The van der Waals surface area contributed by atoms with Gasteiger partial charge >= 0.3 is 12.1 Å². The van der Waals surface area contributed by atoms with Gasteiger partial charge in [-0.1, -0.05) is 11.3 Å². The van der Waals surface area contributed by atoms with Gasteiger partial charge in [-0.3, -0.25) is 14.6 Å². The van der Waals surface area contributed by atoms with Gasteiger partial charge < -0.3 is 15.3 Å². The Balaban J connectivity index is 1.37. The number of hydrogen-bond donors (Lipinski definition) is 2. The second kappa shape index (κ2) is 12.3. The van der Waals surface area contributed by atoms with Crippen LogP contribution < -0.4 is 10.2 Å². The molecule has 0 amide bonds. The molecule has 2 saturated heterocycles. The molecule has 2 aliphatic rings. The second-order valence-corrected chi connectivity index (χ2v) is 11.8. The van der Waals surface area contributed by atoms with Gasteiger partial charge in [0, 0.05) is 61.8 Å². The minimum absolute atomic E-state index is 0.121. The number of anilines is 3. The smallest absolute Gasteiger partial charge is 0.416 e. The average Bonchev–Trinajstić information content (AvgIpc) is 3.52. The maximum atomic E-state index is 13.6. The molecule has 0 unspecified atom stereocenters. The molecule has 5 rings (SSSR count). The van der Waals surface area contributed by atoms with Crippen molar-refractivity contribution in [2.75, 3.05) is 49.5 Å². The van der Waals surface area contributed by atoms with Crippen LogP contribution in [-0.4, -0.2) is 81.1 Å². The van der Waals surface area contributed by atoms with Gasteiger partial charge in [-0.2, -0.15) is 13.2 Å². The maximum absolute atomic E-state index is 13.6. The van der Waals surface area contributed by atoms with E-state index in [4.69, 9.17) is 10.1 Å². The molecular formula is C28H34F3N7O2S. The number of nitrogens with zero attached hydrogens (tertiary/aromatic N) is 6. The molecule has 220 valence electrons. The Morgan fingerprint density at radius 3 is 2.59 bits per heavy atom. The first-order chi connectivity index (χ1) is 19.5. The van der Waals surface area contributed by atoms with Crippen molar-refractivity contribution in [1.82, 2.24) is 24.8 Å². The van der Waals surface area contributed by atoms with Gasteiger partial charge in [0.2, 0.25) is 0 Å². The fraction of sp³-hybridized carbons (Fsp3) is 0.500. The van der Waals surface area contributed by atoms with Crippen LogP contribution in [0.2, 0.25) is 0 Å². The third-order valence-corrected chi connectivity index (χ3v) is 8.59. The summed E-state index contributed by atoms with van der Waals surface area (Å²) in [5.41, 5.74) is 0.852. The van der Waals surface area contributed by atoms with Gasteiger partial charge in [0.25, 0.3) is 0 Å². The van der Waals surface area contributed by atoms with Crippen LogP contribution in [0.25, 0.3) is 11.3 Å². The predicted octanol–water partition coefficient (Wildman–Crippen LogP) is 5.25. The molecule has 41 heavy (non-hydrogen) atoms. The predicted molar refractivity (Wildman–Crippen MR) is 153 cm³/mol. The summed E-state index contributed by atoms with van der Waals surface area (Å²) in [7, 11) is 0. The third kappa shape index (κ3) is 7.32. The molecule has 3 aromatic rings. The first kappa shape index (κ1) is 29.2. The first-order valence-corrected chi connectivity index (χ1v) is 14.6. The molecule has 1 atom stereocenters. The van der Waals surface area contributed by atoms with Gasteiger partial charge in [-0.15, -0.1) is 0 Å². The normalized spacial score (nSPS) is 18.7. The number of rotatable bonds is 9. The Kier molecular flexibility index (Phi) is 8.76. The molecule has 2 aliphatic heterocycles. The molecule has 2 aromatic heterocycles. The monoisotopic (exact) mass is 589 g/mol. The van der Waals surface area contributed by atoms with Gasteiger partial charge in [0.1, 0.15) is 18.0 Å². The van der Waals surface area contributed by atoms with Crippen molar-refractivity contribution >= 4 is 34.1 Å². The van der Waals surface area contributed by atoms with E-state index in [0.717, 1.165) is 49.2 Å². The minimum atomic E-state index is -4.44. The van der Waals surface area contributed by atoms with E-state index in [1.54, 1.807) is 13.0 Å². The molecule has 13 heteroatoms. The Labute approximate surface area is 241 Å². The van der Waals surface area contributed by atoms with E-state index < -0.39 is 17.7 Å². The number of hydrogen-bond acceptors (Lipinski definition) is 9. The van der Waals surface area contributed by atoms with Crippen molar-refractivity contribution in [2.45, 2.75) is 51.9 Å². The lowest BCUT2D eigenvalue weighted by Crippen LogP contribution is -2.47. The topological polar surface area (TPSA) is 97.7 Å². The zero-order chi connectivity index (χ0) is 29.1. The van der Waals surface area contributed by atoms with Gasteiger partial charge in [0.15, 0.2) is 5.13 Å². The molecular weight excluding hydrogens is 555 g/mol. The van der Waals surface area contributed by atoms with Gasteiger partial charge in [-0.25, -0.2) is 15.0 Å². The standard InChI is InChI=1S/C28H34F3N7O2S/c1-18-12-20(14-21(13-18)28(29,30)31)26-22(16-38-6-3-4-19(38)2)41-27(35-26)34-23-15-24(33-17-32-23)37-10-8-36(9-11-37)7-5-25(39)40/h12-15,17,19H,3-11,16H2,1-2H3,(H,39,40)(H,32,33,34,35)/t19-/m1/s1. The van der Waals surface area contributed by atoms with Crippen LogP contribution in [0, 0.1) is 6.92 Å². The number of carboxylic acid groups (broad SMARTS) is 1. The highest BCUT2D eigenvalue weighted by atomic mass is 32.1. The zero-order valence-corrected chi connectivity index (χ0v) is 23.9. The van der Waals surface area contributed by atoms with E-state index in [-0.39, 0.29) is 6.42 Å². The molecule has 0 aliphatic carbocycles. The van der Waals surface area contributed by atoms with Crippen LogP contribution in [0.15, 0.2) is 30.6 Å². The molecule has 2 fully saturated rings. The lowest BCUT2D eigenvalue weighted by molar-refractivity contribution is -0.138. The second-order valence-electron chi connectivity index (χ2n) is 10.7. The summed E-state index contributed by atoms with van der Waals surface area (Å²) in [5, 5.41) is 12.8. The zero-order valence-electron chi connectivity index (χ0n) is 23.1. The van der Waals surface area contributed by atoms with Crippen LogP contribution in [0.3, 0.4) is 0 Å². The molecule has 0 spiro atoms. The largest absolute Gasteiger partial charge is 0.481 e. The molecule has 2 N–H and O–H groups in total. The summed E-state index contributed by atoms with van der Waals surface area (Å²) in [6.07, 6.45) is -0.650. The summed E-state index contributed by atoms with van der Waals surface area (Å²) in [6.45, 7) is 8.84. The number of piperazine rings is 1. The number of carbonyl (C=O) groups is 1. The number of aliphatic carboxylic acids is 1. The highest BCUT2D eigenvalue weighted by Gasteiger charge is 2.32. The fourth-order valence-electron chi connectivity index (χ4n) is 5.39. The number of aromatic nitrogens is 3. The van der Waals surface area contributed by atoms with Crippen molar-refractivity contribution < 1.29 is 23.1 Å². The fourth-order valence-corrected chi connectivity index (χ4v) is 6.40. The maximum Gasteiger partial charge on any atom is 0.416 e. The van der Waals surface area contributed by atoms with Crippen molar-refractivity contribution in [2.24, 2.45) is 0 Å². The van der Waals surface area contributed by atoms with Crippen LogP contribution >= 0.6 is 11.3 Å². The quantitative estimate of drug-likeness (QED) is 0.347. The van der Waals surface area contributed by atoms with E-state index in [1.165, 1.54) is 23.7 Å². The number of nitrogens with one attached hydrogen (secondary N) is 1. The van der Waals surface area contributed by atoms with Crippen molar-refractivity contribution in [3.05, 3.63) is 46.6 Å². The van der Waals surface area contributed by atoms with Crippen LogP contribution in [0.1, 0.15) is 42.2 Å². The Hall–Kier alpha value is -3.29. The Morgan fingerprint density at radius 1 is 1.12 bits per heavy atom. The number of alkyl halides is 3. The number of benzene rings is 1. The number of thiazole rings is 1. The van der Waals surface area contributed by atoms with Crippen molar-refractivity contribution in [1.29, 1.82) is 0 Å². The van der Waals surface area contributed by atoms with Crippen LogP contribution in [0.4, 0.5) is 29.9 Å². The van der Waals surface area contributed by atoms with Crippen molar-refractivity contribution in [3.63, 3.8) is 0 Å². The summed E-state index contributed by atoms with van der Waals surface area (Å²) in [4.78, 5) is 32.0. The van der Waals surface area contributed by atoms with E-state index in [0.29, 0.717) is 60.0 Å². The molecule has 4 heterocycles. The molecule has 0 saturated carbocycles. The lowest BCUT2D eigenvalue weighted by Gasteiger charge is -2.35. The molecule has 0 radical (unpaired) electrons. The number of carboxylic acids is 1. The van der Waals surface area contributed by atoms with E-state index in [1.807, 2.05) is 6.07 Å². The lowest BCUT2D eigenvalue weighted by atomic mass is 10.0. The molecule has 9 nitrogen and oxygen atoms in total. The van der Waals surface area contributed by atoms with Gasteiger partial charge in [0.05, 0.1) is 17.7 Å². The highest BCUT2D eigenvalue weighted by Crippen LogP contribution is 2.38.